The lowest BCUT2D eigenvalue weighted by Gasteiger charge is -2.37. The molecule has 6 aromatic rings. The standard InChI is InChI=1S/C36H58N4O8S.C30H44BrN3O3S.C25H37N3O2S.C6H15NO5.C5H8BrClO.CH4/c1-5-7-17-36(18-8-6-2)24-49(47,48)31-16-15-27(40(3)4)21-28(31)33(39-36)25-12-11-13-26(20-25)38-32(44)14-9-10-19-37-22-29(42)34(45)35(46)30(43)23-41;1-5-7-17-30(18-8-6-2)22-38(36,37)27-16-15-25(34(3)4)21-26(27)29(33-30)23-12-11-13-24(20-23)32-28(35)14-9-10-19-31;1-5-7-14-25(15-8-6-2)18-31(29,30)23-13-12-21(28(3)4)17-22(23)24(27-25)19-10-9-11-20(26)16-19;7-1-3(9)5(11)6(12)4(10)2-8;6-4-2-1-3-5(7)8;/h11-13,15-16,20-21,29-30,33-35,37,39,41-43,45-46H,5-10,14,17-19,22-24H2,1-4H3,(H,38,44);11-13,15-16,20-21,29,33H,5-10,14,17-19,22H2,1-4H3,(H,32,35);9-13,16-17,24,27H,5-8,14-15,18,26H2,1-4H3;3-6,8-12H,1-2,7H2;1-4H2;1H4/t29-,30+,33?,34+,35+;;;3-,4+,5+,6+;;/m0..0../s1. The molecule has 0 saturated heterocycles. The molecule has 3 aliphatic rings. The van der Waals surface area contributed by atoms with Gasteiger partial charge >= 0.3 is 0 Å². The number of sulfone groups is 3. The topological polar surface area (TPSA) is 490 Å². The Bertz CT molecular complexity index is 4980. The maximum absolute atomic E-state index is 14.0. The molecule has 3 aliphatic heterocycles. The predicted octanol–water partition coefficient (Wildman–Crippen LogP) is 13.6. The summed E-state index contributed by atoms with van der Waals surface area (Å²) in [6, 6.07) is 39.3. The molecular weight excluding hydrogens is 1990 g/mol. The lowest BCUT2D eigenvalue weighted by molar-refractivity contribution is -0.117. The number of alkyl halides is 2. The molecule has 0 bridgehead atoms. The van der Waals surface area contributed by atoms with E-state index in [1.807, 2.05) is 166 Å². The van der Waals surface area contributed by atoms with Crippen LogP contribution in [0.25, 0.3) is 0 Å². The number of carbonyl (C=O) groups excluding carboxylic acids is 3. The van der Waals surface area contributed by atoms with E-state index in [0.717, 1.165) is 202 Å². The number of benzene rings is 6. The molecule has 3 heterocycles. The number of unbranched alkanes of at least 4 members (excludes halogenated alkanes) is 9. The Balaban J connectivity index is 0.000000400. The number of rotatable bonds is 50. The normalized spacial score (nSPS) is 18.4. The van der Waals surface area contributed by atoms with Crippen LogP contribution in [0.4, 0.5) is 34.1 Å². The van der Waals surface area contributed by atoms with Gasteiger partial charge in [-0.2, -0.15) is 0 Å². The summed E-state index contributed by atoms with van der Waals surface area (Å²) in [6.45, 7) is 11.6. The SMILES string of the molecule is C.CCCCC1(CCCC)CS(=O)(=O)c2ccc(N(C)C)cc2C(c2cccc(N)c2)N1.CCCCC1(CCCC)CS(=O)(=O)c2ccc(N(C)C)cc2C(c2cccc(NC(=O)CCCCBr)c2)N1.CCCCC1(CCCC)CS(=O)(=O)c2ccc(N(C)C)cc2C(c2cccc(NC(=O)CCCCNC[C@H](O)[C@@H](O)[C@H](O)[C@H](O)CO)c2)N1.NC[C@H](O)[C@@H](O)[C@H](O)[C@H](O)CO.O=C(Cl)CCCCBr. The number of nitrogens with two attached hydrogens (primary N) is 2. The highest BCUT2D eigenvalue weighted by Crippen LogP contribution is 2.45. The van der Waals surface area contributed by atoms with Crippen LogP contribution in [0.5, 0.6) is 0 Å². The third-order valence-corrected chi connectivity index (χ3v) is 32.6. The third-order valence-electron chi connectivity index (χ3n) is 25.3. The fraction of sp³-hybridized carbons (Fsp3) is 0.621. The average molecular weight is 2150 g/mol. The van der Waals surface area contributed by atoms with Crippen LogP contribution in [0, 0.1) is 0 Å². The lowest BCUT2D eigenvalue weighted by atomic mass is 9.86. The highest BCUT2D eigenvalue weighted by Gasteiger charge is 2.47. The van der Waals surface area contributed by atoms with Crippen molar-refractivity contribution in [1.82, 2.24) is 21.3 Å². The fourth-order valence-electron chi connectivity index (χ4n) is 17.4. The summed E-state index contributed by atoms with van der Waals surface area (Å²) in [6.07, 6.45) is 10.5. The summed E-state index contributed by atoms with van der Waals surface area (Å²) in [5.74, 6) is 0.0857. The number of nitrogens with one attached hydrogen (secondary N) is 6. The van der Waals surface area contributed by atoms with Crippen molar-refractivity contribution in [3.8, 4) is 0 Å². The minimum atomic E-state index is -3.61. The number of hydrogen-bond acceptors (Lipinski definition) is 28. The van der Waals surface area contributed by atoms with Gasteiger partial charge in [-0.05, 0) is 220 Å². The number of hydrogen-bond donors (Lipinski definition) is 18. The van der Waals surface area contributed by atoms with Gasteiger partial charge in [-0.1, -0.05) is 194 Å². The van der Waals surface area contributed by atoms with Gasteiger partial charge in [0, 0.05) is 136 Å². The van der Waals surface area contributed by atoms with Crippen LogP contribution in [0.2, 0.25) is 0 Å². The summed E-state index contributed by atoms with van der Waals surface area (Å²) < 4.78 is 83.3. The number of aliphatic hydroxyl groups excluding tert-OH is 10. The molecule has 0 spiro atoms. The van der Waals surface area contributed by atoms with Crippen molar-refractivity contribution in [1.29, 1.82) is 0 Å². The van der Waals surface area contributed by atoms with E-state index in [1.165, 1.54) is 0 Å². The third kappa shape index (κ3) is 39.5. The van der Waals surface area contributed by atoms with Crippen molar-refractivity contribution in [2.45, 2.75) is 321 Å². The molecule has 11 atom stereocenters. The quantitative estimate of drug-likeness (QED) is 0.00730. The number of nitrogen functional groups attached to an aromatic ring is 1. The van der Waals surface area contributed by atoms with Gasteiger partial charge < -0.3 is 93.2 Å². The zero-order valence-electron chi connectivity index (χ0n) is 83.1. The first-order valence-corrected chi connectivity index (χ1v) is 56.5. The molecule has 6 aromatic carbocycles. The molecule has 20 N–H and O–H groups in total. The van der Waals surface area contributed by atoms with Gasteiger partial charge in [-0.3, -0.25) is 30.3 Å². The van der Waals surface area contributed by atoms with Crippen LogP contribution in [-0.4, -0.2) is 262 Å². The summed E-state index contributed by atoms with van der Waals surface area (Å²) >= 11 is 11.7. The van der Waals surface area contributed by atoms with Crippen molar-refractivity contribution >= 4 is 124 Å². The zero-order valence-corrected chi connectivity index (χ0v) is 89.5. The number of fused-ring (bicyclic) bond motifs is 3. The van der Waals surface area contributed by atoms with Crippen LogP contribution in [0.3, 0.4) is 0 Å². The highest BCUT2D eigenvalue weighted by atomic mass is 79.9. The first-order valence-electron chi connectivity index (χ1n) is 48.9. The van der Waals surface area contributed by atoms with Crippen LogP contribution >= 0.6 is 43.5 Å². The molecular formula is C103H166Br2ClN11O19S3. The van der Waals surface area contributed by atoms with E-state index in [4.69, 9.17) is 53.7 Å². The van der Waals surface area contributed by atoms with E-state index in [9.17, 15) is 60.1 Å². The Morgan fingerprint density at radius 2 is 0.727 bits per heavy atom. The number of aliphatic hydroxyl groups is 10. The van der Waals surface area contributed by atoms with Gasteiger partial charge in [-0.25, -0.2) is 25.3 Å². The van der Waals surface area contributed by atoms with E-state index in [0.29, 0.717) is 63.9 Å². The van der Waals surface area contributed by atoms with Gasteiger partial charge in [0.25, 0.3) is 0 Å². The van der Waals surface area contributed by atoms with E-state index in [2.05, 4.69) is 105 Å². The van der Waals surface area contributed by atoms with Crippen molar-refractivity contribution in [3.63, 3.8) is 0 Å². The van der Waals surface area contributed by atoms with Gasteiger partial charge in [0.15, 0.2) is 29.5 Å². The summed E-state index contributed by atoms with van der Waals surface area (Å²) in [5, 5.41) is 114. The van der Waals surface area contributed by atoms with Crippen LogP contribution < -0.4 is 58.1 Å². The summed E-state index contributed by atoms with van der Waals surface area (Å²) in [7, 11) is 1.16. The number of amides is 2. The van der Waals surface area contributed by atoms with Crippen LogP contribution in [-0.2, 0) is 43.9 Å². The second kappa shape index (κ2) is 62.5. The first kappa shape index (κ1) is 125. The number of carbonyl (C=O) groups is 3. The van der Waals surface area contributed by atoms with Gasteiger partial charge in [0.2, 0.25) is 17.1 Å². The Morgan fingerprint density at radius 3 is 1.02 bits per heavy atom. The second-order valence-electron chi connectivity index (χ2n) is 37.5. The molecule has 0 aliphatic carbocycles. The Kier molecular flexibility index (Phi) is 56.1. The average Bonchev–Trinajstić information content (AvgIpc) is 1.62. The second-order valence-corrected chi connectivity index (χ2v) is 45.4. The molecule has 30 nitrogen and oxygen atoms in total. The van der Waals surface area contributed by atoms with E-state index in [1.54, 1.807) is 18.2 Å². The van der Waals surface area contributed by atoms with Crippen molar-refractivity contribution < 1.29 is 90.7 Å². The number of anilines is 6. The monoisotopic (exact) mass is 2150 g/mol. The first-order chi connectivity index (χ1) is 65.4. The van der Waals surface area contributed by atoms with Crippen LogP contribution in [0.1, 0.15) is 274 Å². The Morgan fingerprint density at radius 1 is 0.424 bits per heavy atom. The van der Waals surface area contributed by atoms with E-state index < -0.39 is 114 Å². The fourth-order valence-corrected chi connectivity index (χ4v) is 24.5. The van der Waals surface area contributed by atoms with Crippen LogP contribution in [0.15, 0.2) is 142 Å². The molecule has 36 heteroatoms. The minimum Gasteiger partial charge on any atom is -0.399 e. The van der Waals surface area contributed by atoms with Gasteiger partial charge in [0.1, 0.15) is 36.6 Å². The molecule has 9 rings (SSSR count). The van der Waals surface area contributed by atoms with Gasteiger partial charge in [-0.15, -0.1) is 0 Å². The molecule has 786 valence electrons. The van der Waals surface area contributed by atoms with Crippen molar-refractivity contribution in [2.24, 2.45) is 5.73 Å². The van der Waals surface area contributed by atoms with E-state index >= 15 is 0 Å². The summed E-state index contributed by atoms with van der Waals surface area (Å²) in [5.41, 5.74) is 19.5. The molecule has 0 radical (unpaired) electrons. The molecule has 0 fully saturated rings. The maximum Gasteiger partial charge on any atom is 0.224 e. The largest absolute Gasteiger partial charge is 0.399 e. The lowest BCUT2D eigenvalue weighted by Crippen LogP contribution is -2.50. The number of halogens is 3. The molecule has 0 saturated carbocycles. The van der Waals surface area contributed by atoms with Gasteiger partial charge in [0.05, 0.1) is 75.5 Å². The van der Waals surface area contributed by atoms with E-state index in [-0.39, 0.29) is 73.3 Å². The molecule has 0 aromatic heterocycles. The minimum absolute atomic E-state index is 0. The molecule has 139 heavy (non-hydrogen) atoms. The maximum atomic E-state index is 14.0. The molecule has 2 amide bonds. The molecule has 3 unspecified atom stereocenters. The Labute approximate surface area is 851 Å². The summed E-state index contributed by atoms with van der Waals surface area (Å²) in [4.78, 5) is 42.7. The highest BCUT2D eigenvalue weighted by molar-refractivity contribution is 9.09. The smallest absolute Gasteiger partial charge is 0.224 e. The number of nitrogens with zero attached hydrogens (tertiary/aromatic N) is 3. The zero-order chi connectivity index (χ0) is 103. The van der Waals surface area contributed by atoms with Crippen molar-refractivity contribution in [2.75, 3.05) is 134 Å². The Hall–Kier alpha value is -6.37. The van der Waals surface area contributed by atoms with Crippen molar-refractivity contribution in [3.05, 3.63) is 161 Å². The predicted molar refractivity (Wildman–Crippen MR) is 571 cm³/mol.